The lowest BCUT2D eigenvalue weighted by Crippen LogP contribution is -2.26. The second-order valence-corrected chi connectivity index (χ2v) is 7.35. The molecule has 32 heavy (non-hydrogen) atoms. The van der Waals surface area contributed by atoms with Crippen molar-refractivity contribution < 1.29 is 0 Å². The van der Waals surface area contributed by atoms with E-state index in [1.165, 1.54) is 4.57 Å². The third kappa shape index (κ3) is 3.77. The monoisotopic (exact) mass is 447 g/mol. The molecule has 0 atom stereocenters. The maximum atomic E-state index is 13.4. The molecule has 11 heteroatoms. The van der Waals surface area contributed by atoms with Crippen molar-refractivity contribution in [1.82, 2.24) is 24.5 Å². The van der Waals surface area contributed by atoms with Crippen molar-refractivity contribution in [2.45, 2.75) is 13.3 Å². The highest BCUT2D eigenvalue weighted by atomic mass is 35.5. The third-order valence-electron chi connectivity index (χ3n) is 4.88. The highest BCUT2D eigenvalue weighted by Gasteiger charge is 2.17. The molecule has 0 radical (unpaired) electrons. The predicted octanol–water partition coefficient (Wildman–Crippen LogP) is 2.22. The van der Waals surface area contributed by atoms with E-state index >= 15 is 0 Å². The van der Waals surface area contributed by atoms with Gasteiger partial charge >= 0.3 is 0 Å². The summed E-state index contributed by atoms with van der Waals surface area (Å²) < 4.78 is 1.51. The molecule has 0 aliphatic carbocycles. The summed E-state index contributed by atoms with van der Waals surface area (Å²) in [4.78, 5) is 30.1. The number of halogens is 1. The number of hydrogen-bond donors (Lipinski definition) is 3. The van der Waals surface area contributed by atoms with Gasteiger partial charge in [-0.1, -0.05) is 17.7 Å². The number of pyridine rings is 1. The van der Waals surface area contributed by atoms with E-state index in [9.17, 15) is 10.1 Å². The van der Waals surface area contributed by atoms with Gasteiger partial charge in [-0.15, -0.1) is 0 Å². The Labute approximate surface area is 187 Å². The van der Waals surface area contributed by atoms with Gasteiger partial charge in [0.05, 0.1) is 27.8 Å². The largest absolute Gasteiger partial charge is 0.382 e. The van der Waals surface area contributed by atoms with Gasteiger partial charge in [-0.05, 0) is 30.7 Å². The Kier molecular flexibility index (Phi) is 5.57. The van der Waals surface area contributed by atoms with Crippen LogP contribution < -0.4 is 22.3 Å². The summed E-state index contributed by atoms with van der Waals surface area (Å²) in [6.07, 6.45) is 3.58. The molecule has 0 spiro atoms. The zero-order valence-electron chi connectivity index (χ0n) is 17.0. The van der Waals surface area contributed by atoms with Crippen LogP contribution in [0.15, 0.2) is 41.5 Å². The number of nitriles is 1. The molecule has 160 valence electrons. The molecule has 0 saturated heterocycles. The highest BCUT2D eigenvalue weighted by Crippen LogP contribution is 2.22. The number of nitrogen functional groups attached to an aromatic ring is 2. The van der Waals surface area contributed by atoms with Gasteiger partial charge in [0.25, 0.3) is 5.56 Å². The first-order valence-electron chi connectivity index (χ1n) is 9.58. The Morgan fingerprint density at radius 2 is 2.03 bits per heavy atom. The van der Waals surface area contributed by atoms with Crippen molar-refractivity contribution in [3.05, 3.63) is 69.0 Å². The third-order valence-corrected chi connectivity index (χ3v) is 5.19. The van der Waals surface area contributed by atoms with Crippen molar-refractivity contribution in [1.29, 1.82) is 5.26 Å². The van der Waals surface area contributed by atoms with Crippen LogP contribution in [-0.4, -0.2) is 31.0 Å². The van der Waals surface area contributed by atoms with E-state index in [-0.39, 0.29) is 28.7 Å². The molecule has 0 saturated carbocycles. The van der Waals surface area contributed by atoms with Crippen LogP contribution in [0.1, 0.15) is 17.0 Å². The van der Waals surface area contributed by atoms with Gasteiger partial charge < -0.3 is 16.8 Å². The fourth-order valence-corrected chi connectivity index (χ4v) is 3.62. The van der Waals surface area contributed by atoms with Crippen LogP contribution in [-0.2, 0) is 6.42 Å². The number of benzene rings is 1. The zero-order chi connectivity index (χ0) is 22.8. The van der Waals surface area contributed by atoms with Crippen LogP contribution in [0.3, 0.4) is 0 Å². The second-order valence-electron chi connectivity index (χ2n) is 6.94. The molecule has 5 N–H and O–H groups in total. The number of hydrogen-bond acceptors (Lipinski definition) is 9. The fraction of sp³-hybridized carbons (Fsp3) is 0.143. The van der Waals surface area contributed by atoms with Crippen molar-refractivity contribution in [2.24, 2.45) is 0 Å². The molecule has 1 aromatic carbocycles. The Morgan fingerprint density at radius 1 is 1.22 bits per heavy atom. The molecule has 4 rings (SSSR count). The number of nitrogens with one attached hydrogen (secondary N) is 1. The van der Waals surface area contributed by atoms with E-state index in [1.807, 2.05) is 19.1 Å². The minimum absolute atomic E-state index is 0.0103. The second kappa shape index (κ2) is 8.49. The fourth-order valence-electron chi connectivity index (χ4n) is 3.37. The smallest absolute Gasteiger partial charge is 0.267 e. The Bertz CT molecular complexity index is 1440. The lowest BCUT2D eigenvalue weighted by atomic mass is 10.2. The van der Waals surface area contributed by atoms with E-state index < -0.39 is 0 Å². The number of aromatic nitrogens is 5. The first kappa shape index (κ1) is 21.0. The molecule has 0 bridgehead atoms. The summed E-state index contributed by atoms with van der Waals surface area (Å²) >= 11 is 6.31. The van der Waals surface area contributed by atoms with Crippen molar-refractivity contribution >= 4 is 40.1 Å². The standard InChI is InChI=1S/C21H18ClN9O/c1-11-5-7-26-10-15(11)31-16(28-14-4-2-3-13(22)17(14)20(31)32)6-8-27-19-12(9-23)18(24)29-21(25)30-19/h2-5,7,10H,6,8H2,1H3,(H5,24,25,27,29,30). The average Bonchev–Trinajstić information content (AvgIpc) is 2.74. The molecule has 0 fully saturated rings. The summed E-state index contributed by atoms with van der Waals surface area (Å²) in [5, 5.41) is 13.0. The topological polar surface area (TPSA) is 161 Å². The molecule has 10 nitrogen and oxygen atoms in total. The molecule has 4 aromatic rings. The molecule has 3 aromatic heterocycles. The van der Waals surface area contributed by atoms with Crippen LogP contribution in [0.4, 0.5) is 17.6 Å². The van der Waals surface area contributed by atoms with E-state index in [2.05, 4.69) is 25.3 Å². The summed E-state index contributed by atoms with van der Waals surface area (Å²) in [7, 11) is 0. The number of nitrogens with two attached hydrogens (primary N) is 2. The van der Waals surface area contributed by atoms with Crippen LogP contribution >= 0.6 is 11.6 Å². The minimum atomic E-state index is -0.292. The molecular weight excluding hydrogens is 430 g/mol. The van der Waals surface area contributed by atoms with Gasteiger partial charge in [-0.25, -0.2) is 4.98 Å². The van der Waals surface area contributed by atoms with Gasteiger partial charge in [0, 0.05) is 19.2 Å². The molecule has 0 unspecified atom stereocenters. The van der Waals surface area contributed by atoms with Crippen LogP contribution in [0, 0.1) is 18.3 Å². The molecule has 0 aliphatic heterocycles. The molecule has 0 amide bonds. The highest BCUT2D eigenvalue weighted by molar-refractivity contribution is 6.35. The molecular formula is C21H18ClN9O. The van der Waals surface area contributed by atoms with Crippen LogP contribution in [0.25, 0.3) is 16.6 Å². The number of rotatable bonds is 5. The predicted molar refractivity (Wildman–Crippen MR) is 123 cm³/mol. The van der Waals surface area contributed by atoms with Gasteiger partial charge in [0.1, 0.15) is 23.3 Å². The SMILES string of the molecule is Cc1ccncc1-n1c(CCNc2nc(N)nc(N)c2C#N)nc2cccc(Cl)c2c1=O. The number of aryl methyl sites for hydroxylation is 1. The number of anilines is 3. The lowest BCUT2D eigenvalue weighted by Gasteiger charge is -2.16. The number of fused-ring (bicyclic) bond motifs is 1. The van der Waals surface area contributed by atoms with Crippen molar-refractivity contribution in [2.75, 3.05) is 23.3 Å². The van der Waals surface area contributed by atoms with Crippen molar-refractivity contribution in [3.8, 4) is 11.8 Å². The first-order chi connectivity index (χ1) is 15.4. The Hall–Kier alpha value is -4.23. The quantitative estimate of drug-likeness (QED) is 0.416. The maximum absolute atomic E-state index is 13.4. The van der Waals surface area contributed by atoms with E-state index in [4.69, 9.17) is 23.1 Å². The first-order valence-corrected chi connectivity index (χ1v) is 9.96. The maximum Gasteiger partial charge on any atom is 0.267 e. The van der Waals surface area contributed by atoms with Gasteiger partial charge in [-0.2, -0.15) is 15.2 Å². The average molecular weight is 448 g/mol. The summed E-state index contributed by atoms with van der Waals surface area (Å²) in [5.74, 6) is 0.642. The zero-order valence-corrected chi connectivity index (χ0v) is 17.8. The minimum Gasteiger partial charge on any atom is -0.382 e. The van der Waals surface area contributed by atoms with Crippen molar-refractivity contribution in [3.63, 3.8) is 0 Å². The Balaban J connectivity index is 1.78. The van der Waals surface area contributed by atoms with E-state index in [1.54, 1.807) is 30.6 Å². The van der Waals surface area contributed by atoms with E-state index in [0.29, 0.717) is 40.4 Å². The van der Waals surface area contributed by atoms with Crippen LogP contribution in [0.2, 0.25) is 5.02 Å². The van der Waals surface area contributed by atoms with E-state index in [0.717, 1.165) is 5.56 Å². The summed E-state index contributed by atoms with van der Waals surface area (Å²) in [5.41, 5.74) is 13.2. The van der Waals surface area contributed by atoms with Crippen LogP contribution in [0.5, 0.6) is 0 Å². The van der Waals surface area contributed by atoms with Gasteiger partial charge in [-0.3, -0.25) is 14.3 Å². The Morgan fingerprint density at radius 3 is 2.78 bits per heavy atom. The summed E-state index contributed by atoms with van der Waals surface area (Å²) in [6, 6.07) is 8.90. The summed E-state index contributed by atoms with van der Waals surface area (Å²) in [6.45, 7) is 2.18. The number of nitrogens with zero attached hydrogens (tertiary/aromatic N) is 6. The van der Waals surface area contributed by atoms with Gasteiger partial charge in [0.2, 0.25) is 5.95 Å². The normalized spacial score (nSPS) is 10.8. The van der Waals surface area contributed by atoms with Gasteiger partial charge in [0.15, 0.2) is 5.82 Å². The molecule has 3 heterocycles. The molecule has 0 aliphatic rings. The lowest BCUT2D eigenvalue weighted by molar-refractivity contribution is 0.802.